The average Bonchev–Trinajstić information content (AvgIpc) is 2.43. The van der Waals surface area contributed by atoms with Gasteiger partial charge in [0, 0.05) is 18.3 Å². The molecule has 21 heavy (non-hydrogen) atoms. The zero-order valence-electron chi connectivity index (χ0n) is 13.3. The molecule has 0 fully saturated rings. The first-order chi connectivity index (χ1) is 9.85. The molecule has 1 aromatic rings. The maximum Gasteiger partial charge on any atom is 0.241 e. The van der Waals surface area contributed by atoms with Crippen molar-refractivity contribution in [2.45, 2.75) is 51.5 Å². The van der Waals surface area contributed by atoms with Gasteiger partial charge in [-0.1, -0.05) is 13.8 Å². The summed E-state index contributed by atoms with van der Waals surface area (Å²) in [7, 11) is -3.60. The van der Waals surface area contributed by atoms with Gasteiger partial charge < -0.3 is 10.5 Å². The molecule has 0 aromatic heterocycles. The molecule has 0 amide bonds. The normalized spacial score (nSPS) is 13.3. The van der Waals surface area contributed by atoms with E-state index >= 15 is 0 Å². The minimum atomic E-state index is -3.60. The predicted octanol–water partition coefficient (Wildman–Crippen LogP) is 2.10. The van der Waals surface area contributed by atoms with Crippen LogP contribution < -0.4 is 10.5 Å². The summed E-state index contributed by atoms with van der Waals surface area (Å²) in [6, 6.07) is 3.28. The van der Waals surface area contributed by atoms with E-state index in [2.05, 4.69) is 4.72 Å². The predicted molar refractivity (Wildman–Crippen MR) is 85.9 cm³/mol. The number of ether oxygens (including phenoxy) is 1. The molecular weight excluding hydrogens is 288 g/mol. The molecule has 5 nitrogen and oxygen atoms in total. The molecular formula is C15H26N2O3S. The van der Waals surface area contributed by atoms with Gasteiger partial charge in [0.25, 0.3) is 0 Å². The summed E-state index contributed by atoms with van der Waals surface area (Å²) >= 11 is 0. The Hall–Kier alpha value is -1.11. The first-order valence-electron chi connectivity index (χ1n) is 7.37. The fourth-order valence-electron chi connectivity index (χ4n) is 2.21. The number of nitrogens with one attached hydrogen (secondary N) is 1. The van der Waals surface area contributed by atoms with Crippen LogP contribution in [-0.2, 0) is 27.6 Å². The number of hydrogen-bond donors (Lipinski definition) is 2. The summed E-state index contributed by atoms with van der Waals surface area (Å²) in [4.78, 5) is 0.283. The molecule has 0 aliphatic rings. The Kier molecular flexibility index (Phi) is 6.64. The molecule has 1 aromatic carbocycles. The lowest BCUT2D eigenvalue weighted by Gasteiger charge is -2.18. The summed E-state index contributed by atoms with van der Waals surface area (Å²) in [6.45, 7) is 8.44. The van der Waals surface area contributed by atoms with Crippen molar-refractivity contribution in [2.75, 3.05) is 18.9 Å². The Labute approximate surface area is 127 Å². The van der Waals surface area contributed by atoms with Gasteiger partial charge in [0.2, 0.25) is 10.0 Å². The molecule has 0 heterocycles. The van der Waals surface area contributed by atoms with Crippen molar-refractivity contribution in [3.63, 3.8) is 0 Å². The monoisotopic (exact) mass is 314 g/mol. The number of rotatable bonds is 8. The number of nitrogen functional groups attached to an aromatic ring is 1. The van der Waals surface area contributed by atoms with Crippen molar-refractivity contribution in [1.29, 1.82) is 0 Å². The molecule has 0 saturated heterocycles. The van der Waals surface area contributed by atoms with Crippen molar-refractivity contribution < 1.29 is 13.2 Å². The van der Waals surface area contributed by atoms with Gasteiger partial charge in [-0.15, -0.1) is 0 Å². The van der Waals surface area contributed by atoms with E-state index in [9.17, 15) is 8.42 Å². The number of benzene rings is 1. The van der Waals surface area contributed by atoms with E-state index in [4.69, 9.17) is 10.5 Å². The van der Waals surface area contributed by atoms with Crippen molar-refractivity contribution in [1.82, 2.24) is 4.72 Å². The summed E-state index contributed by atoms with van der Waals surface area (Å²) < 4.78 is 33.1. The lowest BCUT2D eigenvalue weighted by molar-refractivity contribution is 0.133. The van der Waals surface area contributed by atoms with Crippen LogP contribution in [0.5, 0.6) is 0 Å². The lowest BCUT2D eigenvalue weighted by Crippen LogP contribution is -2.36. The maximum atomic E-state index is 12.6. The Bertz CT molecular complexity index is 571. The Morgan fingerprint density at radius 3 is 2.43 bits per heavy atom. The lowest BCUT2D eigenvalue weighted by atomic mass is 10.1. The third kappa shape index (κ3) is 4.69. The summed E-state index contributed by atoms with van der Waals surface area (Å²) in [5.41, 5.74) is 8.12. The topological polar surface area (TPSA) is 81.4 Å². The van der Waals surface area contributed by atoms with Gasteiger partial charge in [-0.3, -0.25) is 0 Å². The van der Waals surface area contributed by atoms with E-state index in [1.54, 1.807) is 13.0 Å². The molecule has 120 valence electrons. The van der Waals surface area contributed by atoms with Crippen LogP contribution in [0.15, 0.2) is 17.0 Å². The highest BCUT2D eigenvalue weighted by Gasteiger charge is 2.22. The number of hydrogen-bond acceptors (Lipinski definition) is 4. The Balaban J connectivity index is 3.14. The van der Waals surface area contributed by atoms with Gasteiger partial charge in [-0.05, 0) is 49.9 Å². The largest absolute Gasteiger partial charge is 0.398 e. The van der Waals surface area contributed by atoms with Crippen LogP contribution in [0.3, 0.4) is 0 Å². The number of aryl methyl sites for hydroxylation is 1. The third-order valence-corrected chi connectivity index (χ3v) is 4.94. The average molecular weight is 314 g/mol. The zero-order chi connectivity index (χ0) is 16.0. The van der Waals surface area contributed by atoms with Gasteiger partial charge in [0.1, 0.15) is 0 Å². The van der Waals surface area contributed by atoms with Crippen LogP contribution in [-0.4, -0.2) is 27.7 Å². The van der Waals surface area contributed by atoms with Crippen LogP contribution in [0, 0.1) is 0 Å². The van der Waals surface area contributed by atoms with Crippen LogP contribution >= 0.6 is 0 Å². The molecule has 1 unspecified atom stereocenters. The van der Waals surface area contributed by atoms with Crippen LogP contribution in [0.2, 0.25) is 0 Å². The van der Waals surface area contributed by atoms with Crippen molar-refractivity contribution in [3.8, 4) is 0 Å². The van der Waals surface area contributed by atoms with Crippen molar-refractivity contribution >= 4 is 15.7 Å². The Morgan fingerprint density at radius 2 is 1.90 bits per heavy atom. The highest BCUT2D eigenvalue weighted by Crippen LogP contribution is 2.25. The van der Waals surface area contributed by atoms with Gasteiger partial charge in [-0.25, -0.2) is 13.1 Å². The minimum Gasteiger partial charge on any atom is -0.398 e. The molecule has 0 aliphatic carbocycles. The van der Waals surface area contributed by atoms with E-state index in [1.165, 1.54) is 0 Å². The SMILES string of the molecule is CCOCC(C)NS(=O)(=O)c1cc(CC)cc(N)c1CC. The second-order valence-corrected chi connectivity index (χ2v) is 6.73. The quantitative estimate of drug-likeness (QED) is 0.720. The molecule has 1 atom stereocenters. The van der Waals surface area contributed by atoms with Crippen LogP contribution in [0.25, 0.3) is 0 Å². The summed E-state index contributed by atoms with van der Waals surface area (Å²) in [5, 5.41) is 0. The molecule has 0 radical (unpaired) electrons. The van der Waals surface area contributed by atoms with E-state index in [0.29, 0.717) is 30.9 Å². The number of sulfonamides is 1. The molecule has 0 saturated carbocycles. The second-order valence-electron chi connectivity index (χ2n) is 5.05. The van der Waals surface area contributed by atoms with Gasteiger partial charge in [0.05, 0.1) is 11.5 Å². The Morgan fingerprint density at radius 1 is 1.24 bits per heavy atom. The molecule has 0 aliphatic heterocycles. The molecule has 6 heteroatoms. The first-order valence-corrected chi connectivity index (χ1v) is 8.85. The smallest absolute Gasteiger partial charge is 0.241 e. The highest BCUT2D eigenvalue weighted by molar-refractivity contribution is 7.89. The summed E-state index contributed by atoms with van der Waals surface area (Å²) in [6.07, 6.45) is 1.32. The van der Waals surface area contributed by atoms with Crippen molar-refractivity contribution in [3.05, 3.63) is 23.3 Å². The van der Waals surface area contributed by atoms with E-state index in [1.807, 2.05) is 26.8 Å². The summed E-state index contributed by atoms with van der Waals surface area (Å²) in [5.74, 6) is 0. The fraction of sp³-hybridized carbons (Fsp3) is 0.600. The van der Waals surface area contributed by atoms with E-state index < -0.39 is 10.0 Å². The number of anilines is 1. The van der Waals surface area contributed by atoms with Gasteiger partial charge in [-0.2, -0.15) is 0 Å². The van der Waals surface area contributed by atoms with Crippen LogP contribution in [0.1, 0.15) is 38.8 Å². The highest BCUT2D eigenvalue weighted by atomic mass is 32.2. The molecule has 0 spiro atoms. The molecule has 1 rings (SSSR count). The minimum absolute atomic E-state index is 0.283. The van der Waals surface area contributed by atoms with E-state index in [0.717, 1.165) is 12.0 Å². The van der Waals surface area contributed by atoms with E-state index in [-0.39, 0.29) is 10.9 Å². The standard InChI is InChI=1S/C15H26N2O3S/c1-5-12-8-14(16)13(6-2)15(9-12)21(18,19)17-11(4)10-20-7-3/h8-9,11,17H,5-7,10,16H2,1-4H3. The zero-order valence-corrected chi connectivity index (χ0v) is 14.1. The van der Waals surface area contributed by atoms with Crippen molar-refractivity contribution in [2.24, 2.45) is 0 Å². The second kappa shape index (κ2) is 7.77. The number of nitrogens with two attached hydrogens (primary N) is 1. The molecule has 3 N–H and O–H groups in total. The molecule has 0 bridgehead atoms. The van der Waals surface area contributed by atoms with Gasteiger partial charge >= 0.3 is 0 Å². The fourth-order valence-corrected chi connectivity index (χ4v) is 3.82. The van der Waals surface area contributed by atoms with Crippen LogP contribution in [0.4, 0.5) is 5.69 Å². The van der Waals surface area contributed by atoms with Gasteiger partial charge in [0.15, 0.2) is 0 Å². The third-order valence-electron chi connectivity index (χ3n) is 3.28. The first kappa shape index (κ1) is 17.9. The maximum absolute atomic E-state index is 12.6.